The van der Waals surface area contributed by atoms with Crippen LogP contribution in [0.25, 0.3) is 0 Å². The Balaban J connectivity index is 2.30. The maximum Gasteiger partial charge on any atom is 0.264 e. The van der Waals surface area contributed by atoms with Crippen LogP contribution in [0.1, 0.15) is 19.8 Å². The van der Waals surface area contributed by atoms with Crippen LogP contribution < -0.4 is 0 Å². The molecule has 0 saturated heterocycles. The second-order valence-corrected chi connectivity index (χ2v) is 4.60. The molecular weight excluding hydrogens is 152 g/mol. The molecule has 1 aliphatic carbocycles. The van der Waals surface area contributed by atoms with Crippen molar-refractivity contribution in [3.8, 4) is 0 Å². The molecule has 0 radical (unpaired) electrons. The predicted octanol–water partition coefficient (Wildman–Crippen LogP) is 0.761. The quantitative estimate of drug-likeness (QED) is 0.566. The van der Waals surface area contributed by atoms with Gasteiger partial charge in [0.1, 0.15) is 0 Å². The Labute approximate surface area is 61.5 Å². The summed E-state index contributed by atoms with van der Waals surface area (Å²) >= 11 is 0. The molecule has 0 spiro atoms. The summed E-state index contributed by atoms with van der Waals surface area (Å²) in [5, 5.41) is 0. The summed E-state index contributed by atoms with van der Waals surface area (Å²) in [5.41, 5.74) is 0. The fourth-order valence-corrected chi connectivity index (χ4v) is 1.81. The summed E-state index contributed by atoms with van der Waals surface area (Å²) in [6.07, 6.45) is 2.82. The molecule has 0 amide bonds. The van der Waals surface area contributed by atoms with Gasteiger partial charge in [-0.1, -0.05) is 6.92 Å². The highest BCUT2D eigenvalue weighted by Gasteiger charge is 2.28. The third-order valence-electron chi connectivity index (χ3n) is 1.64. The van der Waals surface area contributed by atoms with Gasteiger partial charge in [0, 0.05) is 0 Å². The molecule has 0 aromatic carbocycles. The molecule has 0 atom stereocenters. The van der Waals surface area contributed by atoms with E-state index in [0.717, 1.165) is 19.1 Å². The van der Waals surface area contributed by atoms with E-state index >= 15 is 0 Å². The zero-order chi connectivity index (χ0) is 7.78. The summed E-state index contributed by atoms with van der Waals surface area (Å²) in [6.45, 7) is 2.09. The predicted molar refractivity (Wildman–Crippen MR) is 38.1 cm³/mol. The second kappa shape index (κ2) is 2.51. The van der Waals surface area contributed by atoms with E-state index in [0.29, 0.717) is 5.92 Å². The first-order valence-electron chi connectivity index (χ1n) is 3.35. The molecule has 0 unspecified atom stereocenters. The van der Waals surface area contributed by atoms with Gasteiger partial charge in [-0.25, -0.2) is 0 Å². The Morgan fingerprint density at radius 2 is 1.90 bits per heavy atom. The normalized spacial score (nSPS) is 33.4. The fourth-order valence-electron chi connectivity index (χ4n) is 1.15. The van der Waals surface area contributed by atoms with E-state index in [-0.39, 0.29) is 6.10 Å². The molecule has 60 valence electrons. The van der Waals surface area contributed by atoms with E-state index in [9.17, 15) is 8.42 Å². The Morgan fingerprint density at radius 1 is 1.40 bits per heavy atom. The monoisotopic (exact) mass is 164 g/mol. The van der Waals surface area contributed by atoms with Crippen LogP contribution in [0.2, 0.25) is 0 Å². The Bertz CT molecular complexity index is 201. The van der Waals surface area contributed by atoms with Gasteiger partial charge >= 0.3 is 0 Å². The SMILES string of the molecule is CS(=O)(=O)O[C@H]1C[C@H](C)C1. The third-order valence-corrected chi connectivity index (χ3v) is 2.26. The molecule has 0 N–H and O–H groups in total. The maximum atomic E-state index is 10.5. The van der Waals surface area contributed by atoms with Gasteiger partial charge < -0.3 is 0 Å². The molecule has 0 aliphatic heterocycles. The van der Waals surface area contributed by atoms with Gasteiger partial charge in [0.15, 0.2) is 0 Å². The van der Waals surface area contributed by atoms with E-state index in [4.69, 9.17) is 4.18 Å². The van der Waals surface area contributed by atoms with Crippen molar-refractivity contribution in [1.29, 1.82) is 0 Å². The summed E-state index contributed by atoms with van der Waals surface area (Å²) in [4.78, 5) is 0. The van der Waals surface area contributed by atoms with E-state index in [1.54, 1.807) is 0 Å². The molecule has 1 rings (SSSR count). The first-order valence-corrected chi connectivity index (χ1v) is 5.17. The zero-order valence-electron chi connectivity index (χ0n) is 6.20. The summed E-state index contributed by atoms with van der Waals surface area (Å²) in [5.74, 6) is 0.631. The first-order chi connectivity index (χ1) is 4.47. The molecule has 0 aromatic rings. The number of hydrogen-bond acceptors (Lipinski definition) is 3. The molecule has 1 aliphatic rings. The molecule has 0 aromatic heterocycles. The molecule has 4 heteroatoms. The standard InChI is InChI=1S/C6H12O3S/c1-5-3-6(4-5)9-10(2,7)8/h5-6H,3-4H2,1-2H3/t5-,6-. The van der Waals surface area contributed by atoms with Crippen LogP contribution in [0.3, 0.4) is 0 Å². The van der Waals surface area contributed by atoms with Crippen LogP contribution in [0.5, 0.6) is 0 Å². The smallest absolute Gasteiger partial charge is 0.264 e. The highest BCUT2D eigenvalue weighted by atomic mass is 32.2. The van der Waals surface area contributed by atoms with Crippen LogP contribution in [-0.2, 0) is 14.3 Å². The third kappa shape index (κ3) is 2.27. The molecular formula is C6H12O3S. The molecule has 3 nitrogen and oxygen atoms in total. The fraction of sp³-hybridized carbons (Fsp3) is 1.00. The largest absolute Gasteiger partial charge is 0.267 e. The highest BCUT2D eigenvalue weighted by molar-refractivity contribution is 7.86. The van der Waals surface area contributed by atoms with Gasteiger partial charge in [-0.05, 0) is 18.8 Å². The minimum Gasteiger partial charge on any atom is -0.267 e. The van der Waals surface area contributed by atoms with Gasteiger partial charge in [-0.15, -0.1) is 0 Å². The molecule has 0 bridgehead atoms. The first kappa shape index (κ1) is 8.01. The topological polar surface area (TPSA) is 43.4 Å². The minimum atomic E-state index is -3.21. The average molecular weight is 164 g/mol. The average Bonchev–Trinajstić information content (AvgIpc) is 1.57. The van der Waals surface area contributed by atoms with Crippen molar-refractivity contribution in [1.82, 2.24) is 0 Å². The summed E-state index contributed by atoms with van der Waals surface area (Å²) in [7, 11) is -3.21. The van der Waals surface area contributed by atoms with Crippen molar-refractivity contribution in [3.05, 3.63) is 0 Å². The van der Waals surface area contributed by atoms with Crippen LogP contribution in [0.15, 0.2) is 0 Å². The van der Waals surface area contributed by atoms with Gasteiger partial charge in [-0.3, -0.25) is 4.18 Å². The van der Waals surface area contributed by atoms with Crippen LogP contribution in [-0.4, -0.2) is 20.8 Å². The van der Waals surface area contributed by atoms with Crippen molar-refractivity contribution in [3.63, 3.8) is 0 Å². The lowest BCUT2D eigenvalue weighted by Gasteiger charge is -2.30. The van der Waals surface area contributed by atoms with Crippen LogP contribution in [0.4, 0.5) is 0 Å². The van der Waals surface area contributed by atoms with Crippen molar-refractivity contribution < 1.29 is 12.6 Å². The molecule has 0 heterocycles. The van der Waals surface area contributed by atoms with Gasteiger partial charge in [0.25, 0.3) is 10.1 Å². The number of rotatable bonds is 2. The summed E-state index contributed by atoms with van der Waals surface area (Å²) in [6, 6.07) is 0. The number of hydrogen-bond donors (Lipinski definition) is 0. The van der Waals surface area contributed by atoms with Gasteiger partial charge in [0.2, 0.25) is 0 Å². The van der Waals surface area contributed by atoms with E-state index in [1.807, 2.05) is 0 Å². The Morgan fingerprint density at radius 3 is 2.20 bits per heavy atom. The van der Waals surface area contributed by atoms with E-state index in [1.165, 1.54) is 0 Å². The van der Waals surface area contributed by atoms with Crippen molar-refractivity contribution >= 4 is 10.1 Å². The molecule has 10 heavy (non-hydrogen) atoms. The second-order valence-electron chi connectivity index (χ2n) is 3.00. The molecule has 1 fully saturated rings. The highest BCUT2D eigenvalue weighted by Crippen LogP contribution is 2.29. The minimum absolute atomic E-state index is 0.0370. The van der Waals surface area contributed by atoms with Crippen molar-refractivity contribution in [2.45, 2.75) is 25.9 Å². The molecule has 1 saturated carbocycles. The van der Waals surface area contributed by atoms with E-state index < -0.39 is 10.1 Å². The Kier molecular flexibility index (Phi) is 2.01. The van der Waals surface area contributed by atoms with Crippen molar-refractivity contribution in [2.24, 2.45) is 5.92 Å². The maximum absolute atomic E-state index is 10.5. The van der Waals surface area contributed by atoms with Crippen LogP contribution >= 0.6 is 0 Å². The van der Waals surface area contributed by atoms with E-state index in [2.05, 4.69) is 6.92 Å². The lowest BCUT2D eigenvalue weighted by molar-refractivity contribution is 0.0812. The van der Waals surface area contributed by atoms with Gasteiger partial charge in [-0.2, -0.15) is 8.42 Å². The summed E-state index contributed by atoms with van der Waals surface area (Å²) < 4.78 is 25.8. The Hall–Kier alpha value is -0.0900. The van der Waals surface area contributed by atoms with Crippen LogP contribution in [0, 0.1) is 5.92 Å². The lowest BCUT2D eigenvalue weighted by Crippen LogP contribution is -2.31. The van der Waals surface area contributed by atoms with Crippen molar-refractivity contribution in [2.75, 3.05) is 6.26 Å². The zero-order valence-corrected chi connectivity index (χ0v) is 7.02. The van der Waals surface area contributed by atoms with Gasteiger partial charge in [0.05, 0.1) is 12.4 Å². The lowest BCUT2D eigenvalue weighted by atomic mass is 9.84.